The van der Waals surface area contributed by atoms with Gasteiger partial charge in [0, 0.05) is 18.0 Å². The minimum atomic E-state index is -3.71. The molecule has 0 aromatic carbocycles. The van der Waals surface area contributed by atoms with Crippen LogP contribution in [0.5, 0.6) is 0 Å². The Morgan fingerprint density at radius 2 is 1.86 bits per heavy atom. The number of piperidine rings is 1. The second-order valence-electron chi connectivity index (χ2n) is 9.16. The van der Waals surface area contributed by atoms with Gasteiger partial charge in [-0.2, -0.15) is 4.31 Å². The summed E-state index contributed by atoms with van der Waals surface area (Å²) in [5.74, 6) is -0.671. The van der Waals surface area contributed by atoms with Crippen LogP contribution in [0.2, 0.25) is 0 Å². The van der Waals surface area contributed by atoms with Gasteiger partial charge in [-0.1, -0.05) is 45.1 Å². The molecule has 2 aliphatic rings. The number of sulfonamides is 1. The van der Waals surface area contributed by atoms with Crippen molar-refractivity contribution in [2.24, 2.45) is 17.3 Å². The molecule has 1 aliphatic heterocycles. The zero-order valence-electron chi connectivity index (χ0n) is 17.7. The van der Waals surface area contributed by atoms with Gasteiger partial charge in [0.25, 0.3) is 0 Å². The zero-order valence-corrected chi connectivity index (χ0v) is 18.5. The molecular weight excluding hydrogens is 376 g/mol. The average molecular weight is 409 g/mol. The first-order chi connectivity index (χ1) is 12.8. The Kier molecular flexibility index (Phi) is 6.40. The molecule has 2 rings (SSSR count). The van der Waals surface area contributed by atoms with Gasteiger partial charge in [0.15, 0.2) is 0 Å². The quantitative estimate of drug-likeness (QED) is 0.758. The summed E-state index contributed by atoms with van der Waals surface area (Å²) in [5, 5.41) is 2.69. The number of Topliss-reactive ketones (excluding diaryl/α,β-unsaturated/α-hetero) is 1. The van der Waals surface area contributed by atoms with Gasteiger partial charge < -0.3 is 5.32 Å². The molecule has 0 radical (unpaired) electrons. The Hall–Kier alpha value is -1.73. The lowest BCUT2D eigenvalue weighted by molar-refractivity contribution is -0.134. The van der Waals surface area contributed by atoms with Crippen LogP contribution >= 0.6 is 0 Å². The highest BCUT2D eigenvalue weighted by atomic mass is 32.2. The lowest BCUT2D eigenvalue weighted by atomic mass is 9.68. The summed E-state index contributed by atoms with van der Waals surface area (Å²) in [5.41, 5.74) is -1.30. The van der Waals surface area contributed by atoms with Crippen molar-refractivity contribution in [3.05, 3.63) is 35.3 Å². The van der Waals surface area contributed by atoms with Crippen molar-refractivity contribution in [3.63, 3.8) is 0 Å². The summed E-state index contributed by atoms with van der Waals surface area (Å²) < 4.78 is 28.5. The number of nitrogens with zero attached hydrogens (tertiary/aromatic N) is 1. The minimum absolute atomic E-state index is 0.00355. The van der Waals surface area contributed by atoms with Crippen LogP contribution in [0.1, 0.15) is 48.0 Å². The summed E-state index contributed by atoms with van der Waals surface area (Å²) in [6.07, 6.45) is 9.30. The van der Waals surface area contributed by atoms with Crippen LogP contribution in [-0.4, -0.2) is 43.0 Å². The molecule has 1 amide bonds. The molecule has 1 N–H and O–H groups in total. The summed E-state index contributed by atoms with van der Waals surface area (Å²) >= 11 is 0. The van der Waals surface area contributed by atoms with Crippen LogP contribution in [0, 0.1) is 17.3 Å². The van der Waals surface area contributed by atoms with Gasteiger partial charge in [-0.15, -0.1) is 0 Å². The molecular formula is C21H32N2O4S. The van der Waals surface area contributed by atoms with E-state index in [2.05, 4.69) is 5.32 Å². The molecule has 0 aromatic rings. The van der Waals surface area contributed by atoms with Crippen molar-refractivity contribution in [2.45, 2.75) is 53.5 Å². The van der Waals surface area contributed by atoms with E-state index in [1.54, 1.807) is 18.2 Å². The zero-order chi connectivity index (χ0) is 21.3. The molecule has 1 heterocycles. The Bertz CT molecular complexity index is 834. The first kappa shape index (κ1) is 22.6. The molecule has 0 bridgehead atoms. The van der Waals surface area contributed by atoms with Crippen LogP contribution in [-0.2, 0) is 19.6 Å². The van der Waals surface area contributed by atoms with Gasteiger partial charge >= 0.3 is 0 Å². The van der Waals surface area contributed by atoms with E-state index in [4.69, 9.17) is 0 Å². The van der Waals surface area contributed by atoms with E-state index in [0.717, 1.165) is 0 Å². The predicted octanol–water partition coefficient (Wildman–Crippen LogP) is 2.79. The van der Waals surface area contributed by atoms with Crippen molar-refractivity contribution >= 4 is 21.7 Å². The van der Waals surface area contributed by atoms with Gasteiger partial charge in [0.2, 0.25) is 15.9 Å². The Morgan fingerprint density at radius 3 is 2.46 bits per heavy atom. The molecule has 0 aromatic heterocycles. The minimum Gasteiger partial charge on any atom is -0.349 e. The van der Waals surface area contributed by atoms with E-state index in [9.17, 15) is 18.0 Å². The standard InChI is InChI=1S/C21H32N2O4S/c1-15-9-7-8-10-17(11-15)28(26,27)23-14-20(3,4)18(12-21(23,5)6)19(25)22-13-16(2)24/h7-11,15,18H,12-14H2,1-6H3,(H,22,25). The third-order valence-electron chi connectivity index (χ3n) is 5.50. The first-order valence-corrected chi connectivity index (χ1v) is 11.1. The molecule has 156 valence electrons. The normalized spacial score (nSPS) is 27.0. The van der Waals surface area contributed by atoms with Crippen molar-refractivity contribution in [1.82, 2.24) is 9.62 Å². The molecule has 6 nitrogen and oxygen atoms in total. The molecule has 1 aliphatic carbocycles. The number of rotatable bonds is 5. The van der Waals surface area contributed by atoms with Gasteiger partial charge in [-0.25, -0.2) is 8.42 Å². The van der Waals surface area contributed by atoms with E-state index in [1.807, 2.05) is 46.8 Å². The van der Waals surface area contributed by atoms with Crippen molar-refractivity contribution < 1.29 is 18.0 Å². The topological polar surface area (TPSA) is 83.6 Å². The first-order valence-electron chi connectivity index (χ1n) is 9.64. The third kappa shape index (κ3) is 4.81. The van der Waals surface area contributed by atoms with Crippen molar-refractivity contribution in [3.8, 4) is 0 Å². The molecule has 28 heavy (non-hydrogen) atoms. The second kappa shape index (κ2) is 7.95. The molecule has 7 heteroatoms. The fourth-order valence-corrected chi connectivity index (χ4v) is 5.94. The molecule has 2 atom stereocenters. The SMILES string of the molecule is CC(=O)CNC(=O)C1CC(C)(C)N(S(=O)(=O)C2=CC(C)C=CC=C2)CC1(C)C. The average Bonchev–Trinajstić information content (AvgIpc) is 2.79. The maximum atomic E-state index is 13.5. The van der Waals surface area contributed by atoms with Gasteiger partial charge in [0.05, 0.1) is 11.4 Å². The number of hydrogen-bond donors (Lipinski definition) is 1. The Morgan fingerprint density at radius 1 is 1.21 bits per heavy atom. The second-order valence-corrected chi connectivity index (χ2v) is 11.0. The van der Waals surface area contributed by atoms with Gasteiger partial charge in [-0.05, 0) is 44.6 Å². The van der Waals surface area contributed by atoms with E-state index in [0.29, 0.717) is 6.42 Å². The summed E-state index contributed by atoms with van der Waals surface area (Å²) in [6.45, 7) is 11.1. The highest BCUT2D eigenvalue weighted by molar-refractivity contribution is 7.93. The number of hydrogen-bond acceptors (Lipinski definition) is 4. The van der Waals surface area contributed by atoms with Crippen LogP contribution in [0.25, 0.3) is 0 Å². The molecule has 0 spiro atoms. The van der Waals surface area contributed by atoms with Gasteiger partial charge in [-0.3, -0.25) is 9.59 Å². The van der Waals surface area contributed by atoms with Crippen LogP contribution in [0.15, 0.2) is 35.3 Å². The number of nitrogens with one attached hydrogen (secondary N) is 1. The van der Waals surface area contributed by atoms with Crippen LogP contribution < -0.4 is 5.32 Å². The highest BCUT2D eigenvalue weighted by Gasteiger charge is 2.52. The summed E-state index contributed by atoms with van der Waals surface area (Å²) in [7, 11) is -3.71. The number of carbonyl (C=O) groups excluding carboxylic acids is 2. The number of amides is 1. The monoisotopic (exact) mass is 408 g/mol. The number of ketones is 1. The molecule has 2 unspecified atom stereocenters. The van der Waals surface area contributed by atoms with Crippen LogP contribution in [0.4, 0.5) is 0 Å². The lowest BCUT2D eigenvalue weighted by Gasteiger charge is -2.51. The maximum absolute atomic E-state index is 13.5. The van der Waals surface area contributed by atoms with Crippen molar-refractivity contribution in [2.75, 3.05) is 13.1 Å². The van der Waals surface area contributed by atoms with Crippen LogP contribution in [0.3, 0.4) is 0 Å². The highest BCUT2D eigenvalue weighted by Crippen LogP contribution is 2.45. The fraction of sp³-hybridized carbons (Fsp3) is 0.619. The number of allylic oxidation sites excluding steroid dienone is 5. The molecule has 1 fully saturated rings. The molecule has 0 saturated carbocycles. The van der Waals surface area contributed by atoms with E-state index < -0.39 is 21.0 Å². The maximum Gasteiger partial charge on any atom is 0.243 e. The van der Waals surface area contributed by atoms with E-state index >= 15 is 0 Å². The third-order valence-corrected chi connectivity index (χ3v) is 7.57. The lowest BCUT2D eigenvalue weighted by Crippen LogP contribution is -2.61. The Balaban J connectivity index is 2.34. The van der Waals surface area contributed by atoms with E-state index in [-0.39, 0.29) is 41.5 Å². The van der Waals surface area contributed by atoms with Crippen molar-refractivity contribution in [1.29, 1.82) is 0 Å². The van der Waals surface area contributed by atoms with E-state index in [1.165, 1.54) is 11.2 Å². The summed E-state index contributed by atoms with van der Waals surface area (Å²) in [4.78, 5) is 24.2. The smallest absolute Gasteiger partial charge is 0.243 e. The molecule has 1 saturated heterocycles. The summed E-state index contributed by atoms with van der Waals surface area (Å²) in [6, 6.07) is 0. The largest absolute Gasteiger partial charge is 0.349 e. The fourth-order valence-electron chi connectivity index (χ4n) is 3.82. The van der Waals surface area contributed by atoms with Gasteiger partial charge in [0.1, 0.15) is 5.78 Å². The predicted molar refractivity (Wildman–Crippen MR) is 111 cm³/mol. The Labute approximate surface area is 168 Å². The number of carbonyl (C=O) groups is 2.